The van der Waals surface area contributed by atoms with Crippen LogP contribution in [0.3, 0.4) is 0 Å². The Bertz CT molecular complexity index is 532. The summed E-state index contributed by atoms with van der Waals surface area (Å²) in [6, 6.07) is 0.578. The summed E-state index contributed by atoms with van der Waals surface area (Å²) in [7, 11) is 0. The standard InChI is InChI=1S/C18H28N2O3S/c1-13-19-16(12-24-13)11-22-10-15-6-17-18(7-15)23-5-3-20(17)8-14-2-4-21-9-14/h12,14-15,17-18H,2-11H2,1H3. The Kier molecular flexibility index (Phi) is 5.49. The highest BCUT2D eigenvalue weighted by Crippen LogP contribution is 2.35. The molecule has 1 saturated carbocycles. The first-order valence-corrected chi connectivity index (χ1v) is 10.1. The van der Waals surface area contributed by atoms with E-state index in [-0.39, 0.29) is 0 Å². The normalized spacial score (nSPS) is 33.9. The molecule has 3 aliphatic rings. The van der Waals surface area contributed by atoms with Crippen molar-refractivity contribution in [3.63, 3.8) is 0 Å². The van der Waals surface area contributed by atoms with Crippen molar-refractivity contribution in [3.05, 3.63) is 16.1 Å². The van der Waals surface area contributed by atoms with Crippen LogP contribution in [0.15, 0.2) is 5.38 Å². The minimum Gasteiger partial charge on any atom is -0.381 e. The fourth-order valence-corrected chi connectivity index (χ4v) is 4.95. The zero-order valence-corrected chi connectivity index (χ0v) is 15.3. The van der Waals surface area contributed by atoms with Gasteiger partial charge in [-0.3, -0.25) is 4.90 Å². The molecule has 3 fully saturated rings. The maximum absolute atomic E-state index is 6.06. The Labute approximate surface area is 148 Å². The van der Waals surface area contributed by atoms with Gasteiger partial charge >= 0.3 is 0 Å². The highest BCUT2D eigenvalue weighted by molar-refractivity contribution is 7.09. The van der Waals surface area contributed by atoms with E-state index in [0.717, 1.165) is 50.1 Å². The molecule has 2 aliphatic heterocycles. The van der Waals surface area contributed by atoms with Crippen LogP contribution in [0, 0.1) is 18.8 Å². The van der Waals surface area contributed by atoms with Crippen molar-refractivity contribution < 1.29 is 14.2 Å². The molecular weight excluding hydrogens is 324 g/mol. The Morgan fingerprint density at radius 3 is 3.08 bits per heavy atom. The SMILES string of the molecule is Cc1nc(COCC2CC3OCCN(CC4CCOC4)C3C2)cs1. The van der Waals surface area contributed by atoms with Crippen molar-refractivity contribution in [2.45, 2.75) is 44.9 Å². The van der Waals surface area contributed by atoms with Crippen LogP contribution in [-0.2, 0) is 20.8 Å². The van der Waals surface area contributed by atoms with Crippen LogP contribution in [0.4, 0.5) is 0 Å². The first-order valence-electron chi connectivity index (χ1n) is 9.20. The summed E-state index contributed by atoms with van der Waals surface area (Å²) in [5.74, 6) is 1.33. The molecule has 1 aromatic heterocycles. The third kappa shape index (κ3) is 3.99. The van der Waals surface area contributed by atoms with Crippen LogP contribution < -0.4 is 0 Å². The molecule has 0 radical (unpaired) electrons. The molecule has 6 heteroatoms. The van der Waals surface area contributed by atoms with E-state index < -0.39 is 0 Å². The largest absolute Gasteiger partial charge is 0.381 e. The van der Waals surface area contributed by atoms with E-state index in [0.29, 0.717) is 30.6 Å². The smallest absolute Gasteiger partial charge is 0.0898 e. The molecular formula is C18H28N2O3S. The number of hydrogen-bond acceptors (Lipinski definition) is 6. The van der Waals surface area contributed by atoms with Gasteiger partial charge < -0.3 is 14.2 Å². The van der Waals surface area contributed by atoms with Gasteiger partial charge in [-0.15, -0.1) is 11.3 Å². The monoisotopic (exact) mass is 352 g/mol. The highest BCUT2D eigenvalue weighted by atomic mass is 32.1. The number of fused-ring (bicyclic) bond motifs is 1. The van der Waals surface area contributed by atoms with E-state index in [9.17, 15) is 0 Å². The number of aryl methyl sites for hydroxylation is 1. The molecule has 0 N–H and O–H groups in total. The minimum atomic E-state index is 0.399. The lowest BCUT2D eigenvalue weighted by Crippen LogP contribution is -2.50. The lowest BCUT2D eigenvalue weighted by molar-refractivity contribution is -0.0606. The first-order chi connectivity index (χ1) is 11.8. The Hall–Kier alpha value is -0.530. The van der Waals surface area contributed by atoms with E-state index in [1.807, 2.05) is 6.92 Å². The van der Waals surface area contributed by atoms with Gasteiger partial charge in [0, 0.05) is 31.1 Å². The third-order valence-electron chi connectivity index (χ3n) is 5.54. The molecule has 4 atom stereocenters. The van der Waals surface area contributed by atoms with Gasteiger partial charge in [0.05, 0.1) is 43.2 Å². The molecule has 0 amide bonds. The van der Waals surface area contributed by atoms with Crippen molar-refractivity contribution in [1.82, 2.24) is 9.88 Å². The molecule has 3 heterocycles. The maximum atomic E-state index is 6.06. The quantitative estimate of drug-likeness (QED) is 0.787. The van der Waals surface area contributed by atoms with Crippen LogP contribution in [0.1, 0.15) is 30.0 Å². The highest BCUT2D eigenvalue weighted by Gasteiger charge is 2.41. The molecule has 4 rings (SSSR count). The van der Waals surface area contributed by atoms with E-state index in [2.05, 4.69) is 15.3 Å². The van der Waals surface area contributed by atoms with E-state index in [4.69, 9.17) is 14.2 Å². The second-order valence-corrected chi connectivity index (χ2v) is 8.47. The molecule has 134 valence electrons. The van der Waals surface area contributed by atoms with Gasteiger partial charge in [-0.2, -0.15) is 0 Å². The lowest BCUT2D eigenvalue weighted by atomic mass is 10.0. The summed E-state index contributed by atoms with van der Waals surface area (Å²) in [5, 5.41) is 3.21. The van der Waals surface area contributed by atoms with Crippen LogP contribution in [0.25, 0.3) is 0 Å². The number of rotatable bonds is 6. The molecule has 0 aromatic carbocycles. The zero-order valence-electron chi connectivity index (χ0n) is 14.5. The summed E-state index contributed by atoms with van der Waals surface area (Å²) in [6.07, 6.45) is 3.96. The van der Waals surface area contributed by atoms with Crippen LogP contribution in [0.2, 0.25) is 0 Å². The van der Waals surface area contributed by atoms with E-state index >= 15 is 0 Å². The lowest BCUT2D eigenvalue weighted by Gasteiger charge is -2.38. The van der Waals surface area contributed by atoms with Gasteiger partial charge in [0.1, 0.15) is 0 Å². The molecule has 4 unspecified atom stereocenters. The van der Waals surface area contributed by atoms with Crippen molar-refractivity contribution >= 4 is 11.3 Å². The van der Waals surface area contributed by atoms with Crippen LogP contribution >= 0.6 is 11.3 Å². The number of hydrogen-bond donors (Lipinski definition) is 0. The van der Waals surface area contributed by atoms with E-state index in [1.54, 1.807) is 11.3 Å². The first kappa shape index (κ1) is 16.9. The fourth-order valence-electron chi connectivity index (χ4n) is 4.35. The summed E-state index contributed by atoms with van der Waals surface area (Å²) >= 11 is 1.69. The minimum absolute atomic E-state index is 0.399. The molecule has 1 aliphatic carbocycles. The summed E-state index contributed by atoms with van der Waals surface area (Å²) in [4.78, 5) is 7.13. The topological polar surface area (TPSA) is 43.8 Å². The van der Waals surface area contributed by atoms with Gasteiger partial charge in [-0.05, 0) is 38.0 Å². The molecule has 1 aromatic rings. The fraction of sp³-hybridized carbons (Fsp3) is 0.833. The van der Waals surface area contributed by atoms with Crippen LogP contribution in [0.5, 0.6) is 0 Å². The molecule has 2 saturated heterocycles. The molecule has 24 heavy (non-hydrogen) atoms. The predicted molar refractivity (Wildman–Crippen MR) is 93.3 cm³/mol. The third-order valence-corrected chi connectivity index (χ3v) is 6.36. The second-order valence-electron chi connectivity index (χ2n) is 7.41. The van der Waals surface area contributed by atoms with Gasteiger partial charge in [0.25, 0.3) is 0 Å². The number of nitrogens with zero attached hydrogens (tertiary/aromatic N) is 2. The summed E-state index contributed by atoms with van der Waals surface area (Å²) in [5.41, 5.74) is 1.06. The van der Waals surface area contributed by atoms with E-state index in [1.165, 1.54) is 19.4 Å². The van der Waals surface area contributed by atoms with Gasteiger partial charge in [0.2, 0.25) is 0 Å². The van der Waals surface area contributed by atoms with Crippen molar-refractivity contribution in [2.75, 3.05) is 39.5 Å². The average Bonchev–Trinajstić information content (AvgIpc) is 3.29. The van der Waals surface area contributed by atoms with Gasteiger partial charge in [-0.1, -0.05) is 0 Å². The zero-order chi connectivity index (χ0) is 16.4. The Morgan fingerprint density at radius 1 is 1.33 bits per heavy atom. The number of thiazole rings is 1. The number of morpholine rings is 1. The molecule has 5 nitrogen and oxygen atoms in total. The Balaban J connectivity index is 1.25. The molecule has 0 spiro atoms. The number of ether oxygens (including phenoxy) is 3. The summed E-state index contributed by atoms with van der Waals surface area (Å²) in [6.45, 7) is 8.51. The van der Waals surface area contributed by atoms with Crippen molar-refractivity contribution in [1.29, 1.82) is 0 Å². The predicted octanol–water partition coefficient (Wildman–Crippen LogP) is 2.48. The van der Waals surface area contributed by atoms with Crippen molar-refractivity contribution in [2.24, 2.45) is 11.8 Å². The average molecular weight is 353 g/mol. The Morgan fingerprint density at radius 2 is 2.29 bits per heavy atom. The van der Waals surface area contributed by atoms with Crippen molar-refractivity contribution in [3.8, 4) is 0 Å². The maximum Gasteiger partial charge on any atom is 0.0898 e. The molecule has 0 bridgehead atoms. The van der Waals surface area contributed by atoms with Gasteiger partial charge in [0.15, 0.2) is 0 Å². The second kappa shape index (κ2) is 7.79. The number of aromatic nitrogens is 1. The van der Waals surface area contributed by atoms with Crippen LogP contribution in [-0.4, -0.2) is 61.5 Å². The summed E-state index contributed by atoms with van der Waals surface area (Å²) < 4.78 is 17.5. The van der Waals surface area contributed by atoms with Gasteiger partial charge in [-0.25, -0.2) is 4.98 Å².